The van der Waals surface area contributed by atoms with Crippen LogP contribution < -0.4 is 0 Å². The van der Waals surface area contributed by atoms with Gasteiger partial charge < -0.3 is 9.05 Å². The number of benzene rings is 4. The van der Waals surface area contributed by atoms with E-state index in [-0.39, 0.29) is 44.6 Å². The molecule has 0 spiro atoms. The summed E-state index contributed by atoms with van der Waals surface area (Å²) in [4.78, 5) is 19.4. The molecule has 4 aromatic rings. The van der Waals surface area contributed by atoms with Gasteiger partial charge in [0.2, 0.25) is 5.91 Å². The molecular formula is C34H38NO5P. The molecule has 0 radical (unpaired) electrons. The molecule has 0 fully saturated rings. The van der Waals surface area contributed by atoms with Crippen LogP contribution in [-0.2, 0) is 43.1 Å². The zero-order valence-electron chi connectivity index (χ0n) is 23.7. The van der Waals surface area contributed by atoms with Crippen molar-refractivity contribution in [3.05, 3.63) is 144 Å². The quantitative estimate of drug-likeness (QED) is 0.106. The van der Waals surface area contributed by atoms with Crippen LogP contribution in [0.3, 0.4) is 0 Å². The molecule has 0 aliphatic rings. The average Bonchev–Trinajstić information content (AvgIpc) is 3.01. The third-order valence-electron chi connectivity index (χ3n) is 6.63. The smallest absolute Gasteiger partial charge is 0.303 e. The Morgan fingerprint density at radius 3 is 1.51 bits per heavy atom. The highest BCUT2D eigenvalue weighted by atomic mass is 31.2. The Morgan fingerprint density at radius 1 is 0.659 bits per heavy atom. The van der Waals surface area contributed by atoms with E-state index in [1.807, 2.05) is 135 Å². The number of carbonyl (C=O) groups is 1. The highest BCUT2D eigenvalue weighted by Crippen LogP contribution is 2.63. The fraction of sp³-hybridized carbons (Fsp3) is 0.265. The maximum Gasteiger partial charge on any atom is 0.338 e. The number of hydroxylamine groups is 2. The Hall–Kier alpha value is -3.54. The van der Waals surface area contributed by atoms with Gasteiger partial charge in [-0.25, -0.2) is 5.06 Å². The van der Waals surface area contributed by atoms with E-state index in [2.05, 4.69) is 0 Å². The van der Waals surface area contributed by atoms with Crippen LogP contribution in [0.4, 0.5) is 0 Å². The van der Waals surface area contributed by atoms with Gasteiger partial charge >= 0.3 is 7.60 Å². The molecule has 0 bridgehead atoms. The number of hydrogen-bond donors (Lipinski definition) is 0. The molecule has 1 amide bonds. The van der Waals surface area contributed by atoms with Gasteiger partial charge in [-0.1, -0.05) is 121 Å². The molecule has 0 aliphatic heterocycles. The highest BCUT2D eigenvalue weighted by molar-refractivity contribution is 7.54. The number of rotatable bonds is 15. The predicted octanol–water partition coefficient (Wildman–Crippen LogP) is 8.50. The Morgan fingerprint density at radius 2 is 1.07 bits per heavy atom. The van der Waals surface area contributed by atoms with Gasteiger partial charge in [-0.05, 0) is 42.5 Å². The Bertz CT molecular complexity index is 1320. The first kappa shape index (κ1) is 30.4. The van der Waals surface area contributed by atoms with Crippen LogP contribution in [0, 0.1) is 0 Å². The minimum atomic E-state index is -3.77. The molecule has 0 aromatic heterocycles. The van der Waals surface area contributed by atoms with E-state index in [0.29, 0.717) is 0 Å². The fourth-order valence-corrected chi connectivity index (χ4v) is 6.55. The molecule has 1 atom stereocenters. The van der Waals surface area contributed by atoms with Crippen molar-refractivity contribution >= 4 is 13.5 Å². The van der Waals surface area contributed by atoms with E-state index in [9.17, 15) is 9.36 Å². The maximum absolute atomic E-state index is 14.7. The van der Waals surface area contributed by atoms with Gasteiger partial charge in [0.05, 0.1) is 24.9 Å². The molecule has 6 nitrogen and oxygen atoms in total. The molecule has 214 valence electrons. The van der Waals surface area contributed by atoms with Crippen LogP contribution in [0.1, 0.15) is 54.6 Å². The second-order valence-electron chi connectivity index (χ2n) is 10.1. The SMILES string of the molecule is CC(C)N(OCc1ccccc1)C(=O)CCC(c1ccccc1)P(=O)(OCc1ccccc1)OCc1ccccc1. The summed E-state index contributed by atoms with van der Waals surface area (Å²) in [6, 6.07) is 38.3. The van der Waals surface area contributed by atoms with Crippen LogP contribution in [0.5, 0.6) is 0 Å². The zero-order valence-corrected chi connectivity index (χ0v) is 24.6. The van der Waals surface area contributed by atoms with Crippen molar-refractivity contribution in [3.8, 4) is 0 Å². The zero-order chi connectivity index (χ0) is 28.9. The first-order chi connectivity index (χ1) is 19.9. The first-order valence-corrected chi connectivity index (χ1v) is 15.6. The summed E-state index contributed by atoms with van der Waals surface area (Å²) in [5.41, 5.74) is 2.90. The van der Waals surface area contributed by atoms with Gasteiger partial charge in [0.15, 0.2) is 0 Å². The van der Waals surface area contributed by atoms with Gasteiger partial charge in [-0.2, -0.15) is 0 Å². The lowest BCUT2D eigenvalue weighted by molar-refractivity contribution is -0.202. The summed E-state index contributed by atoms with van der Waals surface area (Å²) in [5, 5.41) is 1.41. The Labute approximate surface area is 243 Å². The highest BCUT2D eigenvalue weighted by Gasteiger charge is 2.38. The molecule has 7 heteroatoms. The first-order valence-electron chi connectivity index (χ1n) is 13.9. The lowest BCUT2D eigenvalue weighted by atomic mass is 10.1. The molecule has 41 heavy (non-hydrogen) atoms. The van der Waals surface area contributed by atoms with Gasteiger partial charge in [-0.3, -0.25) is 14.2 Å². The topological polar surface area (TPSA) is 65.1 Å². The van der Waals surface area contributed by atoms with Crippen LogP contribution in [-0.4, -0.2) is 17.0 Å². The number of hydrogen-bond acceptors (Lipinski definition) is 5. The van der Waals surface area contributed by atoms with Crippen molar-refractivity contribution < 1.29 is 23.2 Å². The summed E-state index contributed by atoms with van der Waals surface area (Å²) in [6.07, 6.45) is 0.377. The fourth-order valence-electron chi connectivity index (χ4n) is 4.47. The van der Waals surface area contributed by atoms with Gasteiger partial charge in [0.25, 0.3) is 0 Å². The third-order valence-corrected chi connectivity index (χ3v) is 8.93. The minimum Gasteiger partial charge on any atom is -0.303 e. The second-order valence-corrected chi connectivity index (χ2v) is 12.3. The Balaban J connectivity index is 1.55. The van der Waals surface area contributed by atoms with Crippen LogP contribution in [0.2, 0.25) is 0 Å². The van der Waals surface area contributed by atoms with Crippen molar-refractivity contribution in [3.63, 3.8) is 0 Å². The summed E-state index contributed by atoms with van der Waals surface area (Å²) in [6.45, 7) is 4.36. The van der Waals surface area contributed by atoms with E-state index < -0.39 is 13.3 Å². The predicted molar refractivity (Wildman–Crippen MR) is 162 cm³/mol. The summed E-state index contributed by atoms with van der Waals surface area (Å²) in [7, 11) is -3.77. The normalized spacial score (nSPS) is 12.3. The van der Waals surface area contributed by atoms with Crippen molar-refractivity contribution in [1.82, 2.24) is 5.06 Å². The number of amides is 1. The number of carbonyl (C=O) groups excluding carboxylic acids is 1. The monoisotopic (exact) mass is 571 g/mol. The van der Waals surface area contributed by atoms with E-state index in [4.69, 9.17) is 13.9 Å². The largest absolute Gasteiger partial charge is 0.338 e. The minimum absolute atomic E-state index is 0.111. The third kappa shape index (κ3) is 9.24. The molecule has 4 rings (SSSR count). The number of nitrogens with zero attached hydrogens (tertiary/aromatic N) is 1. The van der Waals surface area contributed by atoms with Crippen molar-refractivity contribution in [2.45, 2.75) is 58.2 Å². The molecule has 1 unspecified atom stereocenters. The van der Waals surface area contributed by atoms with Gasteiger partial charge in [0, 0.05) is 6.42 Å². The van der Waals surface area contributed by atoms with Crippen molar-refractivity contribution in [2.24, 2.45) is 0 Å². The van der Waals surface area contributed by atoms with E-state index in [1.54, 1.807) is 0 Å². The standard InChI is InChI=1S/C34H38NO5P/c1-28(2)35(38-25-29-15-7-3-8-16-29)34(36)24-23-33(32-21-13-6-14-22-32)41(37,39-26-30-17-9-4-10-18-30)40-27-31-19-11-5-12-20-31/h3-22,28,33H,23-27H2,1-2H3. The van der Waals surface area contributed by atoms with Crippen LogP contribution in [0.15, 0.2) is 121 Å². The van der Waals surface area contributed by atoms with E-state index >= 15 is 0 Å². The van der Waals surface area contributed by atoms with Crippen molar-refractivity contribution in [2.75, 3.05) is 0 Å². The van der Waals surface area contributed by atoms with Gasteiger partial charge in [-0.15, -0.1) is 0 Å². The molecular weight excluding hydrogens is 533 g/mol. The molecule has 0 aliphatic carbocycles. The van der Waals surface area contributed by atoms with Crippen LogP contribution >= 0.6 is 7.60 Å². The Kier molecular flexibility index (Phi) is 11.5. The second kappa shape index (κ2) is 15.5. The maximum atomic E-state index is 14.7. The molecule has 0 saturated carbocycles. The summed E-state index contributed by atoms with van der Waals surface area (Å²) in [5.74, 6) is -0.186. The molecule has 0 saturated heterocycles. The van der Waals surface area contributed by atoms with Crippen LogP contribution in [0.25, 0.3) is 0 Å². The van der Waals surface area contributed by atoms with E-state index in [0.717, 1.165) is 22.3 Å². The lowest BCUT2D eigenvalue weighted by Gasteiger charge is -2.29. The van der Waals surface area contributed by atoms with Gasteiger partial charge in [0.1, 0.15) is 6.61 Å². The van der Waals surface area contributed by atoms with E-state index in [1.165, 1.54) is 5.06 Å². The molecule has 0 heterocycles. The molecule has 0 N–H and O–H groups in total. The van der Waals surface area contributed by atoms with Crippen molar-refractivity contribution in [1.29, 1.82) is 0 Å². The lowest BCUT2D eigenvalue weighted by Crippen LogP contribution is -2.37. The average molecular weight is 572 g/mol. The summed E-state index contributed by atoms with van der Waals surface area (Å²) < 4.78 is 27.0. The summed E-state index contributed by atoms with van der Waals surface area (Å²) >= 11 is 0. The molecule has 4 aromatic carbocycles.